The minimum absolute atomic E-state index is 0.219. The zero-order chi connectivity index (χ0) is 13.1. The van der Waals surface area contributed by atoms with Crippen LogP contribution in [0.25, 0.3) is 0 Å². The Balaban J connectivity index is 1.95. The normalized spacial score (nSPS) is 19.3. The molecule has 4 heteroatoms. The summed E-state index contributed by atoms with van der Waals surface area (Å²) in [6.45, 7) is 3.00. The van der Waals surface area contributed by atoms with Crippen LogP contribution >= 0.6 is 23.2 Å². The first-order valence-corrected chi connectivity index (χ1v) is 7.07. The molecule has 1 aromatic rings. The molecule has 1 unspecified atom stereocenters. The zero-order valence-electron chi connectivity index (χ0n) is 10.5. The van der Waals surface area contributed by atoms with Gasteiger partial charge in [0.15, 0.2) is 0 Å². The molecule has 0 radical (unpaired) electrons. The van der Waals surface area contributed by atoms with Gasteiger partial charge in [0.2, 0.25) is 5.91 Å². The highest BCUT2D eigenvalue weighted by Gasteiger charge is 2.24. The Bertz CT molecular complexity index is 447. The van der Waals surface area contributed by atoms with Crippen LogP contribution in [0.15, 0.2) is 18.2 Å². The van der Waals surface area contributed by atoms with Gasteiger partial charge in [-0.05, 0) is 37.8 Å². The van der Waals surface area contributed by atoms with Crippen molar-refractivity contribution in [1.82, 2.24) is 4.90 Å². The molecule has 0 N–H and O–H groups in total. The van der Waals surface area contributed by atoms with Gasteiger partial charge in [-0.25, -0.2) is 0 Å². The second kappa shape index (κ2) is 5.94. The lowest BCUT2D eigenvalue weighted by atomic mass is 10.1. The molecule has 1 fully saturated rings. The number of halogens is 2. The minimum Gasteiger partial charge on any atom is -0.340 e. The number of likely N-dealkylation sites (tertiary alicyclic amines) is 1. The van der Waals surface area contributed by atoms with E-state index in [0.29, 0.717) is 28.9 Å². The minimum atomic E-state index is 0.219. The Morgan fingerprint density at radius 1 is 1.44 bits per heavy atom. The fraction of sp³-hybridized carbons (Fsp3) is 0.500. The molecule has 0 aliphatic carbocycles. The van der Waals surface area contributed by atoms with Crippen LogP contribution in [0.4, 0.5) is 0 Å². The van der Waals surface area contributed by atoms with E-state index in [0.717, 1.165) is 24.9 Å². The Morgan fingerprint density at radius 3 is 2.89 bits per heavy atom. The van der Waals surface area contributed by atoms with E-state index in [4.69, 9.17) is 23.2 Å². The topological polar surface area (TPSA) is 20.3 Å². The summed E-state index contributed by atoms with van der Waals surface area (Å²) in [7, 11) is 0. The first-order chi connectivity index (χ1) is 8.59. The van der Waals surface area contributed by atoms with Crippen molar-refractivity contribution in [2.45, 2.75) is 38.6 Å². The van der Waals surface area contributed by atoms with E-state index >= 15 is 0 Å². The third-order valence-electron chi connectivity index (χ3n) is 3.51. The highest BCUT2D eigenvalue weighted by atomic mass is 35.5. The molecule has 1 aromatic carbocycles. The number of aryl methyl sites for hydroxylation is 1. The number of nitrogens with zero attached hydrogens (tertiary/aromatic N) is 1. The summed E-state index contributed by atoms with van der Waals surface area (Å²) in [5.41, 5.74) is 0.948. The first-order valence-electron chi connectivity index (χ1n) is 6.32. The molecule has 1 aliphatic heterocycles. The molecule has 98 valence electrons. The third-order valence-corrected chi connectivity index (χ3v) is 4.37. The third kappa shape index (κ3) is 2.99. The Labute approximate surface area is 118 Å². The second-order valence-corrected chi connectivity index (χ2v) is 5.58. The van der Waals surface area contributed by atoms with Crippen LogP contribution in [0.2, 0.25) is 10.0 Å². The molecule has 1 amide bonds. The summed E-state index contributed by atoms with van der Waals surface area (Å²) >= 11 is 12.1. The summed E-state index contributed by atoms with van der Waals surface area (Å²) in [5.74, 6) is 0.219. The predicted octanol–water partition coefficient (Wildman–Crippen LogP) is 3.94. The quantitative estimate of drug-likeness (QED) is 0.824. The van der Waals surface area contributed by atoms with E-state index in [1.54, 1.807) is 6.07 Å². The number of hydrogen-bond donors (Lipinski definition) is 0. The summed E-state index contributed by atoms with van der Waals surface area (Å²) in [6.07, 6.45) is 3.39. The Hall–Kier alpha value is -0.730. The maximum atomic E-state index is 12.1. The van der Waals surface area contributed by atoms with Gasteiger partial charge in [0.05, 0.1) is 10.0 Å². The van der Waals surface area contributed by atoms with E-state index in [1.165, 1.54) is 0 Å². The van der Waals surface area contributed by atoms with E-state index in [2.05, 4.69) is 6.92 Å². The fourth-order valence-electron chi connectivity index (χ4n) is 2.43. The molecule has 1 saturated heterocycles. The number of carbonyl (C=O) groups is 1. The summed E-state index contributed by atoms with van der Waals surface area (Å²) in [5, 5.41) is 1.12. The van der Waals surface area contributed by atoms with Gasteiger partial charge in [-0.2, -0.15) is 0 Å². The fourth-order valence-corrected chi connectivity index (χ4v) is 2.85. The largest absolute Gasteiger partial charge is 0.340 e. The highest BCUT2D eigenvalue weighted by Crippen LogP contribution is 2.27. The molecule has 1 heterocycles. The van der Waals surface area contributed by atoms with E-state index in [1.807, 2.05) is 17.0 Å². The van der Waals surface area contributed by atoms with Crippen LogP contribution in [0.5, 0.6) is 0 Å². The van der Waals surface area contributed by atoms with Gasteiger partial charge in [-0.3, -0.25) is 4.79 Å². The van der Waals surface area contributed by atoms with Crippen molar-refractivity contribution in [3.8, 4) is 0 Å². The molecule has 0 spiro atoms. The smallest absolute Gasteiger partial charge is 0.223 e. The molecule has 1 atom stereocenters. The number of amides is 1. The summed E-state index contributed by atoms with van der Waals surface area (Å²) < 4.78 is 0. The zero-order valence-corrected chi connectivity index (χ0v) is 12.0. The Morgan fingerprint density at radius 2 is 2.22 bits per heavy atom. The molecule has 2 nitrogen and oxygen atoms in total. The van der Waals surface area contributed by atoms with Crippen molar-refractivity contribution in [2.24, 2.45) is 0 Å². The van der Waals surface area contributed by atoms with Crippen molar-refractivity contribution >= 4 is 29.1 Å². The molecule has 0 aromatic heterocycles. The average molecular weight is 286 g/mol. The molecular formula is C14H17Cl2NO. The molecule has 0 saturated carbocycles. The van der Waals surface area contributed by atoms with Gasteiger partial charge in [0, 0.05) is 19.0 Å². The Kier molecular flexibility index (Phi) is 4.52. The molecular weight excluding hydrogens is 269 g/mol. The lowest BCUT2D eigenvalue weighted by molar-refractivity contribution is -0.131. The van der Waals surface area contributed by atoms with Crippen LogP contribution in [-0.2, 0) is 11.2 Å². The molecule has 0 bridgehead atoms. The number of benzene rings is 1. The van der Waals surface area contributed by atoms with E-state index in [9.17, 15) is 4.79 Å². The standard InChI is InChI=1S/C14H17Cl2NO/c1-10-4-3-9-17(10)13(18)8-7-11-5-2-6-12(15)14(11)16/h2,5-6,10H,3-4,7-9H2,1H3. The number of carbonyl (C=O) groups excluding carboxylic acids is 1. The van der Waals surface area contributed by atoms with Crippen LogP contribution in [-0.4, -0.2) is 23.4 Å². The molecule has 1 aliphatic rings. The van der Waals surface area contributed by atoms with Crippen LogP contribution < -0.4 is 0 Å². The summed E-state index contributed by atoms with van der Waals surface area (Å²) in [4.78, 5) is 14.0. The van der Waals surface area contributed by atoms with Crippen LogP contribution in [0.3, 0.4) is 0 Å². The van der Waals surface area contributed by atoms with E-state index < -0.39 is 0 Å². The predicted molar refractivity (Wildman–Crippen MR) is 75.2 cm³/mol. The van der Waals surface area contributed by atoms with E-state index in [-0.39, 0.29) is 5.91 Å². The van der Waals surface area contributed by atoms with Crippen molar-refractivity contribution in [3.63, 3.8) is 0 Å². The molecule has 2 rings (SSSR count). The summed E-state index contributed by atoms with van der Waals surface area (Å²) in [6, 6.07) is 5.94. The van der Waals surface area contributed by atoms with Crippen molar-refractivity contribution in [1.29, 1.82) is 0 Å². The lowest BCUT2D eigenvalue weighted by Gasteiger charge is -2.21. The monoisotopic (exact) mass is 285 g/mol. The van der Waals surface area contributed by atoms with Crippen molar-refractivity contribution in [2.75, 3.05) is 6.54 Å². The second-order valence-electron chi connectivity index (χ2n) is 4.79. The van der Waals surface area contributed by atoms with Crippen LogP contribution in [0.1, 0.15) is 31.7 Å². The van der Waals surface area contributed by atoms with Crippen molar-refractivity contribution < 1.29 is 4.79 Å². The number of rotatable bonds is 3. The van der Waals surface area contributed by atoms with Gasteiger partial charge >= 0.3 is 0 Å². The maximum absolute atomic E-state index is 12.1. The molecule has 18 heavy (non-hydrogen) atoms. The van der Waals surface area contributed by atoms with Gasteiger partial charge in [-0.15, -0.1) is 0 Å². The average Bonchev–Trinajstić information content (AvgIpc) is 2.77. The van der Waals surface area contributed by atoms with Crippen molar-refractivity contribution in [3.05, 3.63) is 33.8 Å². The van der Waals surface area contributed by atoms with Gasteiger partial charge in [0.1, 0.15) is 0 Å². The van der Waals surface area contributed by atoms with Gasteiger partial charge in [-0.1, -0.05) is 35.3 Å². The van der Waals surface area contributed by atoms with Crippen LogP contribution in [0, 0.1) is 0 Å². The SMILES string of the molecule is CC1CCCN1C(=O)CCc1cccc(Cl)c1Cl. The maximum Gasteiger partial charge on any atom is 0.223 e. The van der Waals surface area contributed by atoms with Gasteiger partial charge in [0.25, 0.3) is 0 Å². The van der Waals surface area contributed by atoms with Gasteiger partial charge < -0.3 is 4.90 Å². The highest BCUT2D eigenvalue weighted by molar-refractivity contribution is 6.42. The lowest BCUT2D eigenvalue weighted by Crippen LogP contribution is -2.33. The number of hydrogen-bond acceptors (Lipinski definition) is 1. The first kappa shape index (κ1) is 13.7.